The highest BCUT2D eigenvalue weighted by molar-refractivity contribution is 5.90. The van der Waals surface area contributed by atoms with E-state index >= 15 is 0 Å². The first kappa shape index (κ1) is 38.3. The first-order valence-corrected chi connectivity index (χ1v) is 17.4. The number of nitrogens with one attached hydrogen (secondary N) is 3. The number of carbonyl (C=O) groups is 5. The average Bonchev–Trinajstić information content (AvgIpc) is 3.47. The Hall–Kier alpha value is -4.90. The van der Waals surface area contributed by atoms with Crippen molar-refractivity contribution in [2.45, 2.75) is 74.7 Å². The first-order chi connectivity index (χ1) is 24.7. The molecule has 52 heavy (non-hydrogen) atoms. The predicted molar refractivity (Wildman–Crippen MR) is 187 cm³/mol. The van der Waals surface area contributed by atoms with Gasteiger partial charge in [0, 0.05) is 64.5 Å². The number of amides is 3. The maximum Gasteiger partial charge on any atom is 0.415 e. The van der Waals surface area contributed by atoms with Crippen LogP contribution in [0.3, 0.4) is 0 Å². The fourth-order valence-corrected chi connectivity index (χ4v) is 8.16. The molecule has 2 heterocycles. The molecule has 6 atom stereocenters. The van der Waals surface area contributed by atoms with Crippen LogP contribution in [0.5, 0.6) is 11.5 Å². The Bertz CT molecular complexity index is 1670. The van der Waals surface area contributed by atoms with Gasteiger partial charge >= 0.3 is 12.1 Å². The number of ether oxygens (including phenoxy) is 3. The number of carbonyl (C=O) groups excluding carboxylic acids is 4. The highest BCUT2D eigenvalue weighted by atomic mass is 16.6. The molecule has 1 spiro atoms. The van der Waals surface area contributed by atoms with Crippen LogP contribution in [-0.2, 0) is 35.8 Å². The summed E-state index contributed by atoms with van der Waals surface area (Å²) in [5.74, 6) is -2.25. The highest BCUT2D eigenvalue weighted by Crippen LogP contribution is 2.65. The fraction of sp³-hybridized carbons (Fsp3) is 0.600. The molecule has 2 bridgehead atoms. The van der Waals surface area contributed by atoms with Gasteiger partial charge in [0.15, 0.2) is 29.3 Å². The van der Waals surface area contributed by atoms with Gasteiger partial charge in [0.2, 0.25) is 11.8 Å². The number of ketones is 1. The normalized spacial score (nSPS) is 25.3. The molecule has 5 rings (SSSR count). The second-order valence-corrected chi connectivity index (χ2v) is 13.9. The van der Waals surface area contributed by atoms with E-state index in [2.05, 4.69) is 25.8 Å². The van der Waals surface area contributed by atoms with E-state index in [-0.39, 0.29) is 49.4 Å². The summed E-state index contributed by atoms with van der Waals surface area (Å²) in [5, 5.41) is 30.4. The Morgan fingerprint density at radius 3 is 2.63 bits per heavy atom. The lowest BCUT2D eigenvalue weighted by atomic mass is 9.50. The number of aliphatic hydroxyl groups is 1. The van der Waals surface area contributed by atoms with Crippen LogP contribution in [0.15, 0.2) is 29.0 Å². The van der Waals surface area contributed by atoms with Gasteiger partial charge in [-0.3, -0.25) is 24.3 Å². The number of likely N-dealkylation sites (tertiary alicyclic amines) is 1. The number of carboxylic acids is 1. The number of rotatable bonds is 15. The molecule has 4 aliphatic rings. The maximum atomic E-state index is 13.6. The Labute approximate surface area is 301 Å². The number of aliphatic carboxylic acids is 1. The minimum atomic E-state index is -1.54. The molecule has 1 fully saturated rings. The molecule has 2 unspecified atom stereocenters. The van der Waals surface area contributed by atoms with Crippen molar-refractivity contribution in [3.63, 3.8) is 0 Å². The van der Waals surface area contributed by atoms with Crippen molar-refractivity contribution in [1.82, 2.24) is 25.8 Å². The second-order valence-electron chi connectivity index (χ2n) is 13.9. The molecule has 17 heteroatoms. The van der Waals surface area contributed by atoms with E-state index in [1.54, 1.807) is 6.08 Å². The molecule has 7 N–H and O–H groups in total. The number of hydrogen-bond acceptors (Lipinski definition) is 11. The summed E-state index contributed by atoms with van der Waals surface area (Å²) in [4.78, 5) is 70.1. The van der Waals surface area contributed by atoms with Crippen LogP contribution in [0.2, 0.25) is 0 Å². The number of benzene rings is 1. The molecule has 2 aliphatic carbocycles. The van der Waals surface area contributed by atoms with Gasteiger partial charge in [-0.25, -0.2) is 9.59 Å². The minimum Gasteiger partial charge on any atom is -0.493 e. The smallest absolute Gasteiger partial charge is 0.415 e. The number of likely N-dealkylation sites (N-methyl/N-ethyl adjacent to an activating group) is 2. The Morgan fingerprint density at radius 1 is 1.21 bits per heavy atom. The summed E-state index contributed by atoms with van der Waals surface area (Å²) in [5.41, 5.74) is 5.39. The zero-order valence-electron chi connectivity index (χ0n) is 30.2. The Kier molecular flexibility index (Phi) is 11.3. The number of carboxylic acid groups (broad SMARTS) is 1. The van der Waals surface area contributed by atoms with Gasteiger partial charge in [0.25, 0.3) is 0 Å². The summed E-state index contributed by atoms with van der Waals surface area (Å²) in [6.45, 7) is 1.58. The van der Waals surface area contributed by atoms with Gasteiger partial charge in [-0.05, 0) is 57.0 Å². The summed E-state index contributed by atoms with van der Waals surface area (Å²) in [7, 11) is 6.29. The quantitative estimate of drug-likeness (QED) is 0.0771. The van der Waals surface area contributed by atoms with Gasteiger partial charge in [0.1, 0.15) is 11.8 Å². The van der Waals surface area contributed by atoms with Gasteiger partial charge < -0.3 is 51.0 Å². The number of methoxy groups -OCH3 is 1. The zero-order valence-corrected chi connectivity index (χ0v) is 30.2. The van der Waals surface area contributed by atoms with Crippen LogP contribution in [0.1, 0.15) is 50.2 Å². The molecular formula is C35H49N7O10. The van der Waals surface area contributed by atoms with Crippen LogP contribution in [0.4, 0.5) is 4.79 Å². The molecule has 0 aromatic heterocycles. The summed E-state index contributed by atoms with van der Waals surface area (Å²) >= 11 is 0. The predicted octanol–water partition coefficient (Wildman–Crippen LogP) is -0.363. The van der Waals surface area contributed by atoms with Gasteiger partial charge in [-0.1, -0.05) is 6.07 Å². The molecule has 2 aliphatic heterocycles. The minimum absolute atomic E-state index is 0.157. The lowest BCUT2D eigenvalue weighted by molar-refractivity contribution is -0.163. The van der Waals surface area contributed by atoms with Crippen molar-refractivity contribution in [1.29, 1.82) is 0 Å². The van der Waals surface area contributed by atoms with Crippen LogP contribution < -0.4 is 31.2 Å². The van der Waals surface area contributed by atoms with Crippen molar-refractivity contribution in [3.8, 4) is 11.5 Å². The number of hydrogen-bond donors (Lipinski definition) is 6. The van der Waals surface area contributed by atoms with E-state index in [0.29, 0.717) is 43.9 Å². The van der Waals surface area contributed by atoms with E-state index in [4.69, 9.17) is 19.9 Å². The van der Waals surface area contributed by atoms with E-state index in [1.807, 2.05) is 19.2 Å². The first-order valence-electron chi connectivity index (χ1n) is 17.4. The highest BCUT2D eigenvalue weighted by Gasteiger charge is 2.72. The van der Waals surface area contributed by atoms with E-state index in [9.17, 15) is 34.2 Å². The molecule has 0 saturated carbocycles. The molecule has 3 amide bonds. The molecule has 1 aromatic carbocycles. The SMILES string of the molecule is CN=C(N)NCCCC(CC(=O)CNC(C)=O)C(=O)NC[C@@H](C(=O)O)N(C)C(=O)OC1=CC[C@@]2(O)C3Cc4ccc(OC)c5c4[C@@]2(CCN3C)[C@H]1O5. The lowest BCUT2D eigenvalue weighted by Gasteiger charge is -2.61. The largest absolute Gasteiger partial charge is 0.493 e. The van der Waals surface area contributed by atoms with Crippen LogP contribution >= 0.6 is 0 Å². The summed E-state index contributed by atoms with van der Waals surface area (Å²) in [6.07, 6.45) is 1.55. The third-order valence-electron chi connectivity index (χ3n) is 10.9. The number of aliphatic imine (C=N–C) groups is 1. The number of Topliss-reactive ketones (excluding diaryl/α,β-unsaturated/α-hetero) is 1. The topological polar surface area (TPSA) is 234 Å². The van der Waals surface area contributed by atoms with Gasteiger partial charge in [-0.2, -0.15) is 0 Å². The summed E-state index contributed by atoms with van der Waals surface area (Å²) < 4.78 is 18.0. The van der Waals surface area contributed by atoms with Crippen LogP contribution in [-0.4, -0.2) is 134 Å². The van der Waals surface area contributed by atoms with Crippen molar-refractivity contribution < 1.29 is 48.4 Å². The standard InChI is InChI=1S/C35H49N7O10/c1-19(43)39-17-22(44)15-21(7-6-13-38-32(36)37-2)30(45)40-18-23(31(46)47)42(4)33(48)51-25-10-11-35(49)26-16-20-8-9-24(50-5)28-27(20)34(35,29(25)52-28)12-14-41(26)3/h8-10,21,23,26,29,49H,6-7,11-18H2,1-5H3,(H,39,43)(H,40,45)(H,46,47)(H3,36,37,38)/t21?,23-,26?,29-,34-,35+/m0/s1. The maximum absolute atomic E-state index is 13.6. The van der Waals surface area contributed by atoms with Gasteiger partial charge in [0.05, 0.1) is 24.7 Å². The van der Waals surface area contributed by atoms with E-state index in [0.717, 1.165) is 16.0 Å². The number of piperidine rings is 1. The van der Waals surface area contributed by atoms with Gasteiger partial charge in [-0.15, -0.1) is 0 Å². The molecule has 1 saturated heterocycles. The molecule has 284 valence electrons. The number of nitrogens with two attached hydrogens (primary N) is 1. The van der Waals surface area contributed by atoms with E-state index in [1.165, 1.54) is 28.1 Å². The summed E-state index contributed by atoms with van der Waals surface area (Å²) in [6, 6.07) is 2.07. The molecular weight excluding hydrogens is 678 g/mol. The average molecular weight is 728 g/mol. The van der Waals surface area contributed by atoms with Crippen molar-refractivity contribution in [2.24, 2.45) is 16.6 Å². The van der Waals surface area contributed by atoms with Crippen LogP contribution in [0, 0.1) is 5.92 Å². The Morgan fingerprint density at radius 2 is 1.96 bits per heavy atom. The number of guanidine groups is 1. The fourth-order valence-electron chi connectivity index (χ4n) is 8.16. The van der Waals surface area contributed by atoms with Crippen molar-refractivity contribution >= 4 is 35.6 Å². The van der Waals surface area contributed by atoms with E-state index < -0.39 is 59.5 Å². The monoisotopic (exact) mass is 727 g/mol. The Balaban J connectivity index is 1.29. The van der Waals surface area contributed by atoms with Crippen LogP contribution in [0.25, 0.3) is 0 Å². The molecule has 17 nitrogen and oxygen atoms in total. The third kappa shape index (κ3) is 6.98. The molecule has 0 radical (unpaired) electrons. The second kappa shape index (κ2) is 15.4. The van der Waals surface area contributed by atoms with Crippen molar-refractivity contribution in [3.05, 3.63) is 35.1 Å². The zero-order chi connectivity index (χ0) is 38.0. The molecule has 1 aromatic rings. The van der Waals surface area contributed by atoms with Crippen molar-refractivity contribution in [2.75, 3.05) is 54.4 Å². The lowest BCUT2D eigenvalue weighted by Crippen LogP contribution is -2.74. The third-order valence-corrected chi connectivity index (χ3v) is 10.9. The number of nitrogens with zero attached hydrogens (tertiary/aromatic N) is 3.